The van der Waals surface area contributed by atoms with Crippen molar-refractivity contribution >= 4 is 29.6 Å². The highest BCUT2D eigenvalue weighted by Gasteiger charge is 1.91. The van der Waals surface area contributed by atoms with E-state index in [0.29, 0.717) is 0 Å². The second kappa shape index (κ2) is 43.9. The molecule has 352 valence electrons. The third kappa shape index (κ3) is 335000. The van der Waals surface area contributed by atoms with E-state index >= 15 is 0 Å². The molecule has 0 aliphatic heterocycles. The first-order chi connectivity index (χ1) is 22.9. The molecular formula is C32H96B4F4N8O8. The topological polar surface area (TPSA) is 184 Å². The van der Waals surface area contributed by atoms with Gasteiger partial charge in [0.15, 0.2) is 0 Å². The van der Waals surface area contributed by atoms with Crippen molar-refractivity contribution < 1.29 is 93.3 Å². The van der Waals surface area contributed by atoms with Crippen LogP contribution in [0, 0.1) is 0 Å². The van der Waals surface area contributed by atoms with Crippen LogP contribution in [-0.2, 0) is 0 Å². The number of nitrogens with zero attached hydrogens (tertiary/aromatic N) is 8. The quantitative estimate of drug-likeness (QED) is 0.131. The van der Waals surface area contributed by atoms with Crippen molar-refractivity contribution in [2.24, 2.45) is 0 Å². The van der Waals surface area contributed by atoms with Gasteiger partial charge in [-0.1, -0.05) is 0 Å². The molecule has 0 aliphatic carbocycles. The van der Waals surface area contributed by atoms with Crippen LogP contribution in [0.15, 0.2) is 0 Å². The van der Waals surface area contributed by atoms with E-state index in [4.69, 9.17) is 40.2 Å². The number of halogens is 4. The first-order valence-corrected chi connectivity index (χ1v) is 17.1. The Bertz CT molecular complexity index is 499. The molecular weight excluding hydrogens is 744 g/mol. The summed E-state index contributed by atoms with van der Waals surface area (Å²) >= 11 is 0. The van der Waals surface area contributed by atoms with Crippen molar-refractivity contribution in [3.8, 4) is 0 Å². The van der Waals surface area contributed by atoms with E-state index in [0.717, 1.165) is 35.9 Å². The maximum atomic E-state index is 9.89. The number of hydrogen-bond donors (Lipinski definition) is 0. The fraction of sp³-hybridized carbons (Fsp3) is 1.00. The molecule has 24 heteroatoms. The average Bonchev–Trinajstić information content (AvgIpc) is 2.53. The van der Waals surface area contributed by atoms with E-state index in [1.54, 1.807) is 0 Å². The van der Waals surface area contributed by atoms with Gasteiger partial charge in [-0.15, -0.1) is 0 Å². The highest BCUT2D eigenvalue weighted by molar-refractivity contribution is 6.27. The Morgan fingerprint density at radius 3 is 0.179 bits per heavy atom. The van der Waals surface area contributed by atoms with Gasteiger partial charge in [-0.05, 0) is 0 Å². The average molecular weight is 840 g/mol. The van der Waals surface area contributed by atoms with Crippen molar-refractivity contribution in [2.75, 3.05) is 226 Å². The molecule has 0 saturated heterocycles. The second-order valence-electron chi connectivity index (χ2n) is 22.6. The Labute approximate surface area is 348 Å². The predicted molar refractivity (Wildman–Crippen MR) is 219 cm³/mol. The Morgan fingerprint density at radius 2 is 0.179 bits per heavy atom. The summed E-state index contributed by atoms with van der Waals surface area (Å²) in [6, 6.07) is 0. The summed E-state index contributed by atoms with van der Waals surface area (Å²) in [7, 11) is 55.3. The first kappa shape index (κ1) is 87.0. The van der Waals surface area contributed by atoms with Crippen LogP contribution in [0.5, 0.6) is 0 Å². The summed E-state index contributed by atoms with van der Waals surface area (Å²) in [5.41, 5.74) is 0. The van der Waals surface area contributed by atoms with E-state index in [1.165, 1.54) is 0 Å². The van der Waals surface area contributed by atoms with Gasteiger partial charge in [0.2, 0.25) is 0 Å². The molecule has 16 nitrogen and oxygen atoms in total. The molecule has 0 aromatic carbocycles. The van der Waals surface area contributed by atoms with Crippen LogP contribution in [0.4, 0.5) is 17.3 Å². The third-order valence-corrected chi connectivity index (χ3v) is 0. The highest BCUT2D eigenvalue weighted by Crippen LogP contribution is 1.76. The molecule has 0 saturated carbocycles. The lowest BCUT2D eigenvalue weighted by atomic mass is 10.3. The summed E-state index contributed by atoms with van der Waals surface area (Å²) in [4.78, 5) is 0. The minimum absolute atomic E-state index is 1.00. The van der Waals surface area contributed by atoms with Gasteiger partial charge in [-0.3, -0.25) is 0 Å². The van der Waals surface area contributed by atoms with Gasteiger partial charge >= 0.3 is 0 Å². The molecule has 0 aromatic heterocycles. The van der Waals surface area contributed by atoms with Gasteiger partial charge in [0.25, 0.3) is 0 Å². The summed E-state index contributed by atoms with van der Waals surface area (Å²) in [6.45, 7) is 0. The maximum absolute atomic E-state index is 9.89. The monoisotopic (exact) mass is 841 g/mol. The van der Waals surface area contributed by atoms with Gasteiger partial charge in [0.05, 0.1) is 226 Å². The maximum Gasteiger partial charge on any atom is 0.121 e. The van der Waals surface area contributed by atoms with E-state index in [9.17, 15) is 17.3 Å². The predicted octanol–water partition coefficient (Wildman–Crippen LogP) is -6.78. The molecule has 0 amide bonds. The summed E-state index contributed by atoms with van der Waals surface area (Å²) in [5.74, 6) is 0. The summed E-state index contributed by atoms with van der Waals surface area (Å²) in [5, 5.41) is 66.4. The fourth-order valence-electron chi connectivity index (χ4n) is 0. The van der Waals surface area contributed by atoms with Crippen molar-refractivity contribution in [1.29, 1.82) is 0 Å². The van der Waals surface area contributed by atoms with Crippen molar-refractivity contribution in [2.45, 2.75) is 0 Å². The highest BCUT2D eigenvalue weighted by atomic mass is 19.1. The fourth-order valence-corrected chi connectivity index (χ4v) is 0. The van der Waals surface area contributed by atoms with Crippen LogP contribution < -0.4 is 40.2 Å². The third-order valence-electron chi connectivity index (χ3n) is 0. The van der Waals surface area contributed by atoms with Gasteiger partial charge in [-0.2, -0.15) is 0 Å². The van der Waals surface area contributed by atoms with E-state index < -0.39 is 29.6 Å². The van der Waals surface area contributed by atoms with Gasteiger partial charge in [0, 0.05) is 0 Å². The standard InChI is InChI=1S/8C4H12N.4BFO2/c8*1-5(2,3)4;4*2-1(3)4/h8*1-4H3;;;;/q8*+1;4*-2. The Hall–Kier alpha value is -0.660. The smallest absolute Gasteiger partial charge is 0.121 e. The van der Waals surface area contributed by atoms with Gasteiger partial charge in [0.1, 0.15) is 29.6 Å². The molecule has 0 spiro atoms. The largest absolute Gasteiger partial charge is 0.867 e. The van der Waals surface area contributed by atoms with Crippen molar-refractivity contribution in [1.82, 2.24) is 0 Å². The molecule has 0 aromatic rings. The number of quaternary nitrogens is 8. The lowest BCUT2D eigenvalue weighted by Crippen LogP contribution is -2.39. The van der Waals surface area contributed by atoms with Crippen LogP contribution in [-0.4, -0.2) is 291 Å². The SMILES string of the molecule is C[N+](C)(C)C.C[N+](C)(C)C.C[N+](C)(C)C.C[N+](C)(C)C.C[N+](C)(C)C.C[N+](C)(C)C.C[N+](C)(C)C.C[N+](C)(C)C.[O-]B([O-])F.[O-]B([O-])F.[O-]B([O-])F.[O-]B([O-])F. The van der Waals surface area contributed by atoms with Crippen molar-refractivity contribution in [3.05, 3.63) is 0 Å². The Kier molecular flexibility index (Phi) is 68.2. The normalized spacial score (nSPS) is 10.5. The van der Waals surface area contributed by atoms with Crippen LogP contribution in [0.25, 0.3) is 0 Å². The van der Waals surface area contributed by atoms with Crippen LogP contribution in [0.3, 0.4) is 0 Å². The zero-order valence-electron chi connectivity index (χ0n) is 42.7. The molecule has 0 aliphatic rings. The minimum Gasteiger partial charge on any atom is -0.867 e. The minimum atomic E-state index is -3.17. The molecule has 0 bridgehead atoms. The summed E-state index contributed by atoms with van der Waals surface area (Å²) < 4.78 is 47.6. The van der Waals surface area contributed by atoms with Crippen LogP contribution in [0.2, 0.25) is 0 Å². The molecule has 0 radical (unpaired) electrons. The van der Waals surface area contributed by atoms with Gasteiger partial charge < -0.3 is 93.3 Å². The van der Waals surface area contributed by atoms with E-state index in [2.05, 4.69) is 226 Å². The Balaban J connectivity index is -0.0000000378. The second-order valence-corrected chi connectivity index (χ2v) is 22.6. The summed E-state index contributed by atoms with van der Waals surface area (Å²) in [6.07, 6.45) is 0. The molecule has 0 N–H and O–H groups in total. The zero-order chi connectivity index (χ0) is 50.3. The van der Waals surface area contributed by atoms with Crippen LogP contribution in [0.1, 0.15) is 0 Å². The zero-order valence-corrected chi connectivity index (χ0v) is 42.7. The molecule has 0 rings (SSSR count). The molecule has 0 unspecified atom stereocenters. The lowest BCUT2D eigenvalue weighted by molar-refractivity contribution is -0.849. The molecule has 0 heterocycles. The molecule has 56 heavy (non-hydrogen) atoms. The molecule has 0 fully saturated rings. The Morgan fingerprint density at radius 1 is 0.179 bits per heavy atom. The number of rotatable bonds is 0. The van der Waals surface area contributed by atoms with E-state index in [-0.39, 0.29) is 0 Å². The molecule has 0 atom stereocenters. The first-order valence-electron chi connectivity index (χ1n) is 17.1. The van der Waals surface area contributed by atoms with Gasteiger partial charge in [-0.25, -0.2) is 0 Å². The van der Waals surface area contributed by atoms with Crippen molar-refractivity contribution in [3.63, 3.8) is 0 Å². The number of hydrogen-bond acceptors (Lipinski definition) is 8. The lowest BCUT2D eigenvalue weighted by Gasteiger charge is -2.14. The van der Waals surface area contributed by atoms with Crippen LogP contribution >= 0.6 is 0 Å². The van der Waals surface area contributed by atoms with E-state index in [1.807, 2.05) is 0 Å².